The van der Waals surface area contributed by atoms with Gasteiger partial charge in [0.1, 0.15) is 6.61 Å². The minimum atomic E-state index is 0.711. The summed E-state index contributed by atoms with van der Waals surface area (Å²) >= 11 is 0. The van der Waals surface area contributed by atoms with Gasteiger partial charge in [0.2, 0.25) is 0 Å². The third-order valence-electron chi connectivity index (χ3n) is 3.70. The van der Waals surface area contributed by atoms with E-state index in [9.17, 15) is 0 Å². The van der Waals surface area contributed by atoms with Gasteiger partial charge < -0.3 is 14.5 Å². The van der Waals surface area contributed by atoms with Crippen molar-refractivity contribution in [2.24, 2.45) is 0 Å². The Hall–Kier alpha value is -1.68. The monoisotopic (exact) mass is 260 g/mol. The van der Waals surface area contributed by atoms with Gasteiger partial charge in [0.25, 0.3) is 0 Å². The van der Waals surface area contributed by atoms with E-state index >= 15 is 0 Å². The predicted molar refractivity (Wildman–Crippen MR) is 76.0 cm³/mol. The average molecular weight is 260 g/mol. The highest BCUT2D eigenvalue weighted by Crippen LogP contribution is 2.31. The second kappa shape index (κ2) is 5.53. The molecule has 1 aromatic carbocycles. The third-order valence-corrected chi connectivity index (χ3v) is 3.70. The Morgan fingerprint density at radius 3 is 2.84 bits per heavy atom. The maximum atomic E-state index is 5.88. The molecule has 2 heterocycles. The van der Waals surface area contributed by atoms with Crippen LogP contribution in [0, 0.1) is 0 Å². The van der Waals surface area contributed by atoms with Crippen molar-refractivity contribution in [1.82, 2.24) is 9.88 Å². The summed E-state index contributed by atoms with van der Waals surface area (Å²) in [6.45, 7) is 4.11. The van der Waals surface area contributed by atoms with Crippen molar-refractivity contribution < 1.29 is 9.47 Å². The molecule has 3 rings (SSSR count). The van der Waals surface area contributed by atoms with Crippen molar-refractivity contribution in [3.63, 3.8) is 0 Å². The molecule has 0 bridgehead atoms. The summed E-state index contributed by atoms with van der Waals surface area (Å²) in [7, 11) is 1.68. The van der Waals surface area contributed by atoms with E-state index in [4.69, 9.17) is 9.47 Å². The summed E-state index contributed by atoms with van der Waals surface area (Å²) in [5.74, 6) is 1.62. The van der Waals surface area contributed by atoms with Crippen LogP contribution in [0.15, 0.2) is 24.4 Å². The van der Waals surface area contributed by atoms with Gasteiger partial charge in [-0.05, 0) is 38.1 Å². The lowest BCUT2D eigenvalue weighted by Gasteiger charge is -2.16. The summed E-state index contributed by atoms with van der Waals surface area (Å²) in [6.07, 6.45) is 4.56. The quantitative estimate of drug-likeness (QED) is 0.898. The highest BCUT2D eigenvalue weighted by Gasteiger charge is 2.12. The lowest BCUT2D eigenvalue weighted by Crippen LogP contribution is -2.25. The minimum Gasteiger partial charge on any atom is -0.493 e. The van der Waals surface area contributed by atoms with Crippen molar-refractivity contribution in [3.05, 3.63) is 24.4 Å². The molecule has 0 saturated carbocycles. The lowest BCUT2D eigenvalue weighted by atomic mass is 10.2. The van der Waals surface area contributed by atoms with Gasteiger partial charge in [0, 0.05) is 29.7 Å². The van der Waals surface area contributed by atoms with Gasteiger partial charge in [-0.15, -0.1) is 0 Å². The largest absolute Gasteiger partial charge is 0.493 e. The van der Waals surface area contributed by atoms with Crippen LogP contribution in [0.25, 0.3) is 10.9 Å². The molecule has 0 atom stereocenters. The summed E-state index contributed by atoms with van der Waals surface area (Å²) in [4.78, 5) is 5.64. The number of nitrogens with zero attached hydrogens (tertiary/aromatic N) is 1. The zero-order chi connectivity index (χ0) is 13.1. The van der Waals surface area contributed by atoms with Crippen molar-refractivity contribution in [2.75, 3.05) is 33.4 Å². The summed E-state index contributed by atoms with van der Waals surface area (Å²) in [6, 6.07) is 6.06. The molecule has 1 N–H and O–H groups in total. The third kappa shape index (κ3) is 2.68. The fourth-order valence-electron chi connectivity index (χ4n) is 2.62. The number of hydrogen-bond acceptors (Lipinski definition) is 3. The van der Waals surface area contributed by atoms with Gasteiger partial charge in [-0.25, -0.2) is 0 Å². The van der Waals surface area contributed by atoms with Crippen LogP contribution in [0.2, 0.25) is 0 Å². The fraction of sp³-hybridized carbons (Fsp3) is 0.467. The van der Waals surface area contributed by atoms with E-state index in [1.165, 1.54) is 25.9 Å². The van der Waals surface area contributed by atoms with E-state index in [2.05, 4.69) is 9.88 Å². The smallest absolute Gasteiger partial charge is 0.163 e. The molecule has 1 aromatic heterocycles. The SMILES string of the molecule is COc1cc2cc[nH]c2cc1OCCN1CCCC1. The molecule has 1 fully saturated rings. The lowest BCUT2D eigenvalue weighted by molar-refractivity contribution is 0.230. The molecule has 0 radical (unpaired) electrons. The van der Waals surface area contributed by atoms with Crippen LogP contribution in [0.3, 0.4) is 0 Å². The van der Waals surface area contributed by atoms with Gasteiger partial charge in [-0.3, -0.25) is 4.90 Å². The number of ether oxygens (including phenoxy) is 2. The molecule has 0 unspecified atom stereocenters. The van der Waals surface area contributed by atoms with E-state index in [0.29, 0.717) is 6.61 Å². The normalized spacial score (nSPS) is 16.1. The van der Waals surface area contributed by atoms with Crippen LogP contribution < -0.4 is 9.47 Å². The van der Waals surface area contributed by atoms with E-state index in [-0.39, 0.29) is 0 Å². The molecule has 1 aliphatic heterocycles. The molecule has 2 aromatic rings. The molecule has 4 heteroatoms. The highest BCUT2D eigenvalue weighted by atomic mass is 16.5. The molecule has 4 nitrogen and oxygen atoms in total. The Labute approximate surface area is 113 Å². The number of fused-ring (bicyclic) bond motifs is 1. The molecule has 102 valence electrons. The maximum Gasteiger partial charge on any atom is 0.163 e. The number of likely N-dealkylation sites (tertiary alicyclic amines) is 1. The number of benzene rings is 1. The van der Waals surface area contributed by atoms with Gasteiger partial charge in [-0.1, -0.05) is 0 Å². The molecule has 19 heavy (non-hydrogen) atoms. The topological polar surface area (TPSA) is 37.5 Å². The van der Waals surface area contributed by atoms with Gasteiger partial charge >= 0.3 is 0 Å². The Kier molecular flexibility index (Phi) is 3.60. The number of aromatic amines is 1. The van der Waals surface area contributed by atoms with Crippen LogP contribution in [-0.4, -0.2) is 43.2 Å². The van der Waals surface area contributed by atoms with Crippen molar-refractivity contribution in [3.8, 4) is 11.5 Å². The zero-order valence-corrected chi connectivity index (χ0v) is 11.3. The summed E-state index contributed by atoms with van der Waals surface area (Å²) < 4.78 is 11.3. The zero-order valence-electron chi connectivity index (χ0n) is 11.3. The van der Waals surface area contributed by atoms with Crippen LogP contribution in [0.4, 0.5) is 0 Å². The summed E-state index contributed by atoms with van der Waals surface area (Å²) in [5, 5.41) is 1.14. The Bertz CT molecular complexity index is 544. The van der Waals surface area contributed by atoms with Gasteiger partial charge in [-0.2, -0.15) is 0 Å². The van der Waals surface area contributed by atoms with E-state index in [0.717, 1.165) is 28.9 Å². The Morgan fingerprint density at radius 2 is 2.05 bits per heavy atom. The molecule has 1 saturated heterocycles. The standard InChI is InChI=1S/C15H20N2O2/c1-18-14-10-12-4-5-16-13(12)11-15(14)19-9-8-17-6-2-3-7-17/h4-5,10-11,16H,2-3,6-9H2,1H3. The Morgan fingerprint density at radius 1 is 1.21 bits per heavy atom. The molecule has 1 aliphatic rings. The second-order valence-corrected chi connectivity index (χ2v) is 4.97. The predicted octanol–water partition coefficient (Wildman–Crippen LogP) is 2.65. The van der Waals surface area contributed by atoms with Crippen molar-refractivity contribution >= 4 is 10.9 Å². The number of aromatic nitrogens is 1. The van der Waals surface area contributed by atoms with Gasteiger partial charge in [0.05, 0.1) is 7.11 Å². The number of hydrogen-bond donors (Lipinski definition) is 1. The summed E-state index contributed by atoms with van der Waals surface area (Å²) in [5.41, 5.74) is 1.08. The number of nitrogens with one attached hydrogen (secondary N) is 1. The minimum absolute atomic E-state index is 0.711. The highest BCUT2D eigenvalue weighted by molar-refractivity contribution is 5.83. The van der Waals surface area contributed by atoms with Crippen LogP contribution >= 0.6 is 0 Å². The van der Waals surface area contributed by atoms with Crippen LogP contribution in [-0.2, 0) is 0 Å². The first kappa shape index (κ1) is 12.4. The van der Waals surface area contributed by atoms with Crippen LogP contribution in [0.1, 0.15) is 12.8 Å². The molecule has 0 amide bonds. The molecular formula is C15H20N2O2. The van der Waals surface area contributed by atoms with Crippen molar-refractivity contribution in [2.45, 2.75) is 12.8 Å². The van der Waals surface area contributed by atoms with E-state index in [1.807, 2.05) is 24.4 Å². The number of H-pyrrole nitrogens is 1. The van der Waals surface area contributed by atoms with Crippen molar-refractivity contribution in [1.29, 1.82) is 0 Å². The first-order chi connectivity index (χ1) is 9.36. The average Bonchev–Trinajstić information content (AvgIpc) is 3.08. The number of methoxy groups -OCH3 is 1. The molecular weight excluding hydrogens is 240 g/mol. The van der Waals surface area contributed by atoms with E-state index < -0.39 is 0 Å². The van der Waals surface area contributed by atoms with Crippen LogP contribution in [0.5, 0.6) is 11.5 Å². The maximum absolute atomic E-state index is 5.88. The van der Waals surface area contributed by atoms with Gasteiger partial charge in [0.15, 0.2) is 11.5 Å². The molecule has 0 aliphatic carbocycles. The first-order valence-electron chi connectivity index (χ1n) is 6.87. The second-order valence-electron chi connectivity index (χ2n) is 4.97. The first-order valence-corrected chi connectivity index (χ1v) is 6.87. The molecule has 0 spiro atoms. The Balaban J connectivity index is 1.68. The number of rotatable bonds is 5. The fourth-order valence-corrected chi connectivity index (χ4v) is 2.62. The van der Waals surface area contributed by atoms with E-state index in [1.54, 1.807) is 7.11 Å².